The molecule has 0 amide bonds. The molecule has 5 heteroatoms. The van der Waals surface area contributed by atoms with Crippen molar-refractivity contribution in [3.05, 3.63) is 22.9 Å². The van der Waals surface area contributed by atoms with Crippen molar-refractivity contribution in [2.75, 3.05) is 32.1 Å². The minimum atomic E-state index is -0.332. The summed E-state index contributed by atoms with van der Waals surface area (Å²) in [6.07, 6.45) is 5.41. The third-order valence-corrected chi connectivity index (χ3v) is 4.17. The zero-order valence-electron chi connectivity index (χ0n) is 13.1. The second-order valence-corrected chi connectivity index (χ2v) is 6.25. The first-order valence-electron chi connectivity index (χ1n) is 7.36. The van der Waals surface area contributed by atoms with Crippen LogP contribution in [0.3, 0.4) is 0 Å². The Labute approximate surface area is 126 Å². The van der Waals surface area contributed by atoms with Crippen LogP contribution in [0.5, 0.6) is 0 Å². The van der Waals surface area contributed by atoms with Crippen molar-refractivity contribution in [1.29, 1.82) is 0 Å². The van der Waals surface area contributed by atoms with Crippen LogP contribution in [0.4, 0.5) is 0 Å². The van der Waals surface area contributed by atoms with Crippen LogP contribution < -0.4 is 0 Å². The average molecular weight is 295 g/mol. The maximum Gasteiger partial charge on any atom is 0.166 e. The number of aliphatic hydroxyl groups is 1. The van der Waals surface area contributed by atoms with E-state index < -0.39 is 0 Å². The average Bonchev–Trinajstić information content (AvgIpc) is 2.79. The Morgan fingerprint density at radius 2 is 2.40 bits per heavy atom. The van der Waals surface area contributed by atoms with E-state index in [2.05, 4.69) is 4.99 Å². The van der Waals surface area contributed by atoms with Gasteiger partial charge in [0, 0.05) is 31.3 Å². The summed E-state index contributed by atoms with van der Waals surface area (Å²) in [7, 11) is 1.96. The zero-order valence-corrected chi connectivity index (χ0v) is 12.9. The molecule has 0 radical (unpaired) electrons. The van der Waals surface area contributed by atoms with Crippen LogP contribution in [0.1, 0.15) is 20.6 Å². The fraction of sp³-hybridized carbons (Fsp3) is 0.600. The SMILES string of the molecule is [2H]C1=NC2=C(CC=C2CN(C)CC(O)CCSC)C(=O)C1. The highest BCUT2D eigenvalue weighted by molar-refractivity contribution is 7.98. The molecule has 1 N–H and O–H groups in total. The van der Waals surface area contributed by atoms with Crippen molar-refractivity contribution in [1.82, 2.24) is 4.90 Å². The van der Waals surface area contributed by atoms with Gasteiger partial charge in [-0.25, -0.2) is 0 Å². The van der Waals surface area contributed by atoms with Gasteiger partial charge in [0.15, 0.2) is 5.78 Å². The van der Waals surface area contributed by atoms with E-state index in [4.69, 9.17) is 1.37 Å². The number of carbonyl (C=O) groups excluding carboxylic acids is 1. The predicted octanol–water partition coefficient (Wildman–Crippen LogP) is 1.66. The molecule has 2 rings (SSSR count). The summed E-state index contributed by atoms with van der Waals surface area (Å²) in [6, 6.07) is 0. The maximum atomic E-state index is 11.9. The largest absolute Gasteiger partial charge is 0.392 e. The molecule has 0 saturated heterocycles. The molecule has 0 aromatic rings. The highest BCUT2D eigenvalue weighted by Crippen LogP contribution is 2.31. The molecule has 4 nitrogen and oxygen atoms in total. The summed E-state index contributed by atoms with van der Waals surface area (Å²) in [5.41, 5.74) is 2.45. The van der Waals surface area contributed by atoms with Gasteiger partial charge in [-0.2, -0.15) is 11.8 Å². The van der Waals surface area contributed by atoms with E-state index in [0.717, 1.165) is 23.3 Å². The number of Topliss-reactive ketones (excluding diaryl/α,β-unsaturated/α-hetero) is 1. The van der Waals surface area contributed by atoms with Crippen LogP contribution in [0.25, 0.3) is 0 Å². The smallest absolute Gasteiger partial charge is 0.166 e. The second-order valence-electron chi connectivity index (χ2n) is 5.26. The van der Waals surface area contributed by atoms with Crippen molar-refractivity contribution in [3.63, 3.8) is 0 Å². The highest BCUT2D eigenvalue weighted by atomic mass is 32.2. The lowest BCUT2D eigenvalue weighted by Gasteiger charge is -2.21. The van der Waals surface area contributed by atoms with Gasteiger partial charge >= 0.3 is 0 Å². The number of carbonyl (C=O) groups is 1. The molecule has 110 valence electrons. The standard InChI is InChI=1S/C15H22N2O2S/c1-17(10-12(18)6-8-20-2)9-11-3-4-13-14(19)5-7-16-15(11)13/h3,7,12,18H,4-6,8-10H2,1-2H3/i7D. The first-order valence-corrected chi connectivity index (χ1v) is 8.26. The lowest BCUT2D eigenvalue weighted by atomic mass is 10.0. The van der Waals surface area contributed by atoms with E-state index in [0.29, 0.717) is 25.2 Å². The monoisotopic (exact) mass is 295 g/mol. The van der Waals surface area contributed by atoms with Crippen molar-refractivity contribution < 1.29 is 11.3 Å². The lowest BCUT2D eigenvalue weighted by Crippen LogP contribution is -2.31. The number of hydrogen-bond acceptors (Lipinski definition) is 5. The van der Waals surface area contributed by atoms with Gasteiger partial charge in [-0.1, -0.05) is 6.08 Å². The van der Waals surface area contributed by atoms with Crippen LogP contribution in [0, 0.1) is 0 Å². The molecule has 2 aliphatic rings. The molecule has 1 aliphatic carbocycles. The molecular formula is C15H22N2O2S. The minimum Gasteiger partial charge on any atom is -0.392 e. The van der Waals surface area contributed by atoms with Crippen molar-refractivity contribution >= 4 is 23.7 Å². The van der Waals surface area contributed by atoms with Gasteiger partial charge in [0.05, 0.1) is 13.2 Å². The number of allylic oxidation sites excluding steroid dienone is 2. The van der Waals surface area contributed by atoms with E-state index in [-0.39, 0.29) is 24.5 Å². The summed E-state index contributed by atoms with van der Waals surface area (Å²) in [6.45, 7) is 1.26. The van der Waals surface area contributed by atoms with Gasteiger partial charge in [0.25, 0.3) is 0 Å². The number of nitrogens with zero attached hydrogens (tertiary/aromatic N) is 2. The molecule has 0 fully saturated rings. The summed E-state index contributed by atoms with van der Waals surface area (Å²) in [5, 5.41) is 9.94. The first-order chi connectivity index (χ1) is 10.0. The molecule has 0 aromatic carbocycles. The number of aliphatic hydroxyl groups excluding tert-OH is 1. The van der Waals surface area contributed by atoms with E-state index >= 15 is 0 Å². The number of aliphatic imine (C=N–C) groups is 1. The van der Waals surface area contributed by atoms with E-state index in [1.807, 2.05) is 24.3 Å². The molecule has 0 spiro atoms. The topological polar surface area (TPSA) is 52.9 Å². The Morgan fingerprint density at radius 3 is 3.15 bits per heavy atom. The van der Waals surface area contributed by atoms with Gasteiger partial charge < -0.3 is 5.11 Å². The number of ketones is 1. The molecule has 1 atom stereocenters. The highest BCUT2D eigenvalue weighted by Gasteiger charge is 2.25. The van der Waals surface area contributed by atoms with E-state index in [1.165, 1.54) is 0 Å². The molecule has 0 bridgehead atoms. The Kier molecular flexibility index (Phi) is 5.06. The molecule has 20 heavy (non-hydrogen) atoms. The van der Waals surface area contributed by atoms with E-state index in [9.17, 15) is 9.90 Å². The summed E-state index contributed by atoms with van der Waals surface area (Å²) in [4.78, 5) is 18.2. The third kappa shape index (κ3) is 3.81. The molecule has 1 heterocycles. The summed E-state index contributed by atoms with van der Waals surface area (Å²) >= 11 is 1.73. The van der Waals surface area contributed by atoms with Crippen LogP contribution in [0.15, 0.2) is 27.9 Å². The molecular weight excluding hydrogens is 272 g/mol. The molecule has 0 saturated carbocycles. The third-order valence-electron chi connectivity index (χ3n) is 3.53. The van der Waals surface area contributed by atoms with Crippen molar-refractivity contribution in [3.8, 4) is 0 Å². The second kappa shape index (κ2) is 7.20. The lowest BCUT2D eigenvalue weighted by molar-refractivity contribution is -0.114. The summed E-state index contributed by atoms with van der Waals surface area (Å²) in [5.74, 6) is 0.979. The maximum absolute atomic E-state index is 11.9. The van der Waals surface area contributed by atoms with Gasteiger partial charge in [-0.3, -0.25) is 14.7 Å². The van der Waals surface area contributed by atoms with Crippen molar-refractivity contribution in [2.24, 2.45) is 4.99 Å². The fourth-order valence-corrected chi connectivity index (χ4v) is 3.00. The number of hydrogen-bond donors (Lipinski definition) is 1. The normalized spacial score (nSPS) is 20.8. The Morgan fingerprint density at radius 1 is 1.60 bits per heavy atom. The van der Waals surface area contributed by atoms with E-state index in [1.54, 1.807) is 11.8 Å². The van der Waals surface area contributed by atoms with Crippen LogP contribution >= 0.6 is 11.8 Å². The Balaban J connectivity index is 1.93. The first kappa shape index (κ1) is 14.0. The molecule has 0 aromatic heterocycles. The quantitative estimate of drug-likeness (QED) is 0.776. The number of likely N-dealkylation sites (N-methyl/N-ethyl adjacent to an activating group) is 1. The van der Waals surface area contributed by atoms with Crippen LogP contribution in [0.2, 0.25) is 0 Å². The molecule has 1 unspecified atom stereocenters. The zero-order chi connectivity index (χ0) is 15.4. The number of thioether (sulfide) groups is 1. The Bertz CT molecular complexity index is 514. The van der Waals surface area contributed by atoms with Gasteiger partial charge in [-0.05, 0) is 37.5 Å². The Hall–Kier alpha value is -0.910. The van der Waals surface area contributed by atoms with Gasteiger partial charge in [-0.15, -0.1) is 0 Å². The van der Waals surface area contributed by atoms with Crippen molar-refractivity contribution in [2.45, 2.75) is 25.4 Å². The van der Waals surface area contributed by atoms with Crippen LogP contribution in [-0.2, 0) is 4.79 Å². The van der Waals surface area contributed by atoms with Crippen LogP contribution in [-0.4, -0.2) is 60.2 Å². The van der Waals surface area contributed by atoms with Gasteiger partial charge in [0.2, 0.25) is 0 Å². The fourth-order valence-electron chi connectivity index (χ4n) is 2.49. The summed E-state index contributed by atoms with van der Waals surface area (Å²) < 4.78 is 7.63. The number of rotatable bonds is 7. The molecule has 1 aliphatic heterocycles. The minimum absolute atomic E-state index is 0.0268. The predicted molar refractivity (Wildman–Crippen MR) is 84.3 cm³/mol. The van der Waals surface area contributed by atoms with Gasteiger partial charge in [0.1, 0.15) is 0 Å².